The quantitative estimate of drug-likeness (QED) is 0.800. The van der Waals surface area contributed by atoms with E-state index in [1.807, 2.05) is 49.7 Å². The van der Waals surface area contributed by atoms with Crippen LogP contribution < -0.4 is 5.32 Å². The monoisotopic (exact) mass is 325 g/mol. The lowest BCUT2D eigenvalue weighted by Crippen LogP contribution is -2.27. The number of hydrogen-bond donors (Lipinski definition) is 1. The predicted molar refractivity (Wildman–Crippen MR) is 92.6 cm³/mol. The summed E-state index contributed by atoms with van der Waals surface area (Å²) >= 11 is 0. The van der Waals surface area contributed by atoms with E-state index in [1.54, 1.807) is 6.07 Å². The second-order valence-corrected chi connectivity index (χ2v) is 6.02. The van der Waals surface area contributed by atoms with Crippen LogP contribution >= 0.6 is 0 Å². The number of carbonyl (C=O) groups excluding carboxylic acids is 1. The first-order valence-electron chi connectivity index (χ1n) is 7.92. The van der Waals surface area contributed by atoms with Crippen molar-refractivity contribution < 1.29 is 9.18 Å². The highest BCUT2D eigenvalue weighted by Gasteiger charge is 2.12. The molecule has 0 fully saturated rings. The number of fused-ring (bicyclic) bond motifs is 1. The minimum absolute atomic E-state index is 0.0996. The van der Waals surface area contributed by atoms with E-state index in [-0.39, 0.29) is 11.7 Å². The molecule has 0 bridgehead atoms. The second kappa shape index (κ2) is 6.43. The van der Waals surface area contributed by atoms with Crippen molar-refractivity contribution in [3.63, 3.8) is 0 Å². The van der Waals surface area contributed by atoms with Crippen molar-refractivity contribution in [1.29, 1.82) is 0 Å². The van der Waals surface area contributed by atoms with Crippen molar-refractivity contribution in [3.05, 3.63) is 64.7 Å². The van der Waals surface area contributed by atoms with E-state index in [1.165, 1.54) is 6.07 Å². The number of aromatic nitrogens is 2. The molecular weight excluding hydrogens is 305 g/mol. The number of amides is 1. The Hall–Kier alpha value is -2.69. The predicted octanol–water partition coefficient (Wildman–Crippen LogP) is 3.30. The first kappa shape index (κ1) is 16.2. The number of carbonyl (C=O) groups is 1. The molecule has 0 aliphatic heterocycles. The fraction of sp³-hybridized carbons (Fsp3) is 0.263. The highest BCUT2D eigenvalue weighted by Crippen LogP contribution is 2.18. The molecule has 0 radical (unpaired) electrons. The third-order valence-electron chi connectivity index (χ3n) is 4.22. The number of hydrogen-bond acceptors (Lipinski definition) is 2. The molecule has 1 N–H and O–H groups in total. The summed E-state index contributed by atoms with van der Waals surface area (Å²) in [5, 5.41) is 2.91. The van der Waals surface area contributed by atoms with Crippen LogP contribution in [-0.4, -0.2) is 22.0 Å². The Balaban J connectivity index is 1.69. The van der Waals surface area contributed by atoms with Gasteiger partial charge in [-0.1, -0.05) is 23.8 Å². The molecule has 0 saturated heterocycles. The zero-order valence-electron chi connectivity index (χ0n) is 14.1. The van der Waals surface area contributed by atoms with Crippen LogP contribution in [0.2, 0.25) is 0 Å². The molecule has 124 valence electrons. The minimum Gasteiger partial charge on any atom is -0.352 e. The molecule has 0 unspecified atom stereocenters. The van der Waals surface area contributed by atoms with Crippen LogP contribution in [0.1, 0.15) is 27.3 Å². The third kappa shape index (κ3) is 3.02. The largest absolute Gasteiger partial charge is 0.352 e. The standard InChI is InChI=1S/C19H20FN3O/c1-12-7-8-14(13(2)11-12)19(24)21-10-9-17-22-18-15(20)5-4-6-16(18)23(17)3/h4-8,11H,9-10H2,1-3H3,(H,21,24). The van der Waals surface area contributed by atoms with E-state index in [4.69, 9.17) is 0 Å². The van der Waals surface area contributed by atoms with E-state index in [9.17, 15) is 9.18 Å². The smallest absolute Gasteiger partial charge is 0.251 e. The Bertz CT molecular complexity index is 914. The average molecular weight is 325 g/mol. The van der Waals surface area contributed by atoms with Gasteiger partial charge in [0.1, 0.15) is 11.3 Å². The van der Waals surface area contributed by atoms with Crippen LogP contribution in [0.3, 0.4) is 0 Å². The molecule has 2 aromatic carbocycles. The number of imidazole rings is 1. The number of nitrogens with zero attached hydrogens (tertiary/aromatic N) is 2. The van der Waals surface area contributed by atoms with Gasteiger partial charge in [0.25, 0.3) is 5.91 Å². The van der Waals surface area contributed by atoms with Gasteiger partial charge in [0.05, 0.1) is 5.52 Å². The van der Waals surface area contributed by atoms with Crippen LogP contribution in [0.25, 0.3) is 11.0 Å². The van der Waals surface area contributed by atoms with Crippen molar-refractivity contribution in [2.75, 3.05) is 6.54 Å². The average Bonchev–Trinajstić information content (AvgIpc) is 2.85. The first-order chi connectivity index (χ1) is 11.5. The first-order valence-corrected chi connectivity index (χ1v) is 7.92. The normalized spacial score (nSPS) is 11.0. The lowest BCUT2D eigenvalue weighted by Gasteiger charge is -2.08. The summed E-state index contributed by atoms with van der Waals surface area (Å²) in [5.74, 6) is 0.321. The van der Waals surface area contributed by atoms with Crippen LogP contribution in [0.4, 0.5) is 4.39 Å². The molecule has 1 aromatic heterocycles. The van der Waals surface area contributed by atoms with Crippen LogP contribution in [0.15, 0.2) is 36.4 Å². The minimum atomic E-state index is -0.325. The summed E-state index contributed by atoms with van der Waals surface area (Å²) < 4.78 is 15.6. The summed E-state index contributed by atoms with van der Waals surface area (Å²) in [7, 11) is 1.86. The number of rotatable bonds is 4. The number of benzene rings is 2. The molecular formula is C19H20FN3O. The number of para-hydroxylation sites is 1. The van der Waals surface area contributed by atoms with Crippen LogP contribution in [0, 0.1) is 19.7 Å². The SMILES string of the molecule is Cc1ccc(C(=O)NCCc2nc3c(F)cccc3n2C)c(C)c1. The lowest BCUT2D eigenvalue weighted by molar-refractivity contribution is 0.0953. The Labute approximate surface area is 140 Å². The summed E-state index contributed by atoms with van der Waals surface area (Å²) in [6, 6.07) is 10.7. The van der Waals surface area contributed by atoms with Crippen LogP contribution in [0.5, 0.6) is 0 Å². The maximum absolute atomic E-state index is 13.8. The van der Waals surface area contributed by atoms with Gasteiger partial charge in [-0.3, -0.25) is 4.79 Å². The summed E-state index contributed by atoms with van der Waals surface area (Å²) in [6.07, 6.45) is 0.543. The molecule has 0 spiro atoms. The van der Waals surface area contributed by atoms with Gasteiger partial charge in [-0.2, -0.15) is 0 Å². The van der Waals surface area contributed by atoms with Crippen molar-refractivity contribution in [1.82, 2.24) is 14.9 Å². The maximum atomic E-state index is 13.8. The molecule has 24 heavy (non-hydrogen) atoms. The van der Waals surface area contributed by atoms with E-state index >= 15 is 0 Å². The van der Waals surface area contributed by atoms with Gasteiger partial charge < -0.3 is 9.88 Å². The van der Waals surface area contributed by atoms with Gasteiger partial charge in [0.15, 0.2) is 5.82 Å². The molecule has 4 nitrogen and oxygen atoms in total. The fourth-order valence-electron chi connectivity index (χ4n) is 2.90. The summed E-state index contributed by atoms with van der Waals surface area (Å²) in [6.45, 7) is 4.38. The van der Waals surface area contributed by atoms with E-state index in [0.29, 0.717) is 24.0 Å². The molecule has 1 amide bonds. The Morgan fingerprint density at radius 1 is 1.25 bits per heavy atom. The molecule has 0 aliphatic carbocycles. The van der Waals surface area contributed by atoms with Crippen molar-refractivity contribution in [2.45, 2.75) is 20.3 Å². The Kier molecular flexibility index (Phi) is 4.34. The van der Waals surface area contributed by atoms with Gasteiger partial charge in [-0.05, 0) is 37.6 Å². The highest BCUT2D eigenvalue weighted by atomic mass is 19.1. The molecule has 0 saturated carbocycles. The topological polar surface area (TPSA) is 46.9 Å². The van der Waals surface area contributed by atoms with E-state index in [2.05, 4.69) is 10.3 Å². The Morgan fingerprint density at radius 3 is 2.75 bits per heavy atom. The Morgan fingerprint density at radius 2 is 2.04 bits per heavy atom. The van der Waals surface area contributed by atoms with Gasteiger partial charge in [-0.25, -0.2) is 9.37 Å². The number of halogens is 1. The van der Waals surface area contributed by atoms with Gasteiger partial charge >= 0.3 is 0 Å². The maximum Gasteiger partial charge on any atom is 0.251 e. The molecule has 3 rings (SSSR count). The van der Waals surface area contributed by atoms with E-state index < -0.39 is 0 Å². The molecule has 0 aliphatic rings. The van der Waals surface area contributed by atoms with Crippen molar-refractivity contribution in [2.24, 2.45) is 7.05 Å². The lowest BCUT2D eigenvalue weighted by atomic mass is 10.1. The molecule has 1 heterocycles. The number of nitrogens with one attached hydrogen (secondary N) is 1. The van der Waals surface area contributed by atoms with Gasteiger partial charge in [-0.15, -0.1) is 0 Å². The second-order valence-electron chi connectivity index (χ2n) is 6.02. The molecule has 3 aromatic rings. The zero-order chi connectivity index (χ0) is 17.3. The zero-order valence-corrected chi connectivity index (χ0v) is 14.1. The summed E-state index contributed by atoms with van der Waals surface area (Å²) in [5.41, 5.74) is 3.89. The van der Waals surface area contributed by atoms with Crippen molar-refractivity contribution >= 4 is 16.9 Å². The third-order valence-corrected chi connectivity index (χ3v) is 4.22. The molecule has 5 heteroatoms. The van der Waals surface area contributed by atoms with Crippen LogP contribution in [-0.2, 0) is 13.5 Å². The van der Waals surface area contributed by atoms with Crippen molar-refractivity contribution in [3.8, 4) is 0 Å². The van der Waals surface area contributed by atoms with Gasteiger partial charge in [0, 0.05) is 25.6 Å². The van der Waals surface area contributed by atoms with E-state index in [0.717, 1.165) is 22.5 Å². The number of aryl methyl sites for hydroxylation is 3. The fourth-order valence-corrected chi connectivity index (χ4v) is 2.90. The highest BCUT2D eigenvalue weighted by molar-refractivity contribution is 5.95. The summed E-state index contributed by atoms with van der Waals surface area (Å²) in [4.78, 5) is 16.6. The van der Waals surface area contributed by atoms with Gasteiger partial charge in [0.2, 0.25) is 0 Å². The molecule has 0 atom stereocenters.